The molecule has 0 radical (unpaired) electrons. The second-order valence-corrected chi connectivity index (χ2v) is 8.48. The second kappa shape index (κ2) is 14.9. The van der Waals surface area contributed by atoms with Crippen LogP contribution in [0.3, 0.4) is 0 Å². The Morgan fingerprint density at radius 2 is 1.77 bits per heavy atom. The molecule has 0 bridgehead atoms. The van der Waals surface area contributed by atoms with E-state index in [1.165, 1.54) is 0 Å². The van der Waals surface area contributed by atoms with Crippen LogP contribution >= 0.6 is 24.0 Å². The van der Waals surface area contributed by atoms with Gasteiger partial charge in [0, 0.05) is 38.8 Å². The molecule has 0 heterocycles. The molecule has 0 unspecified atom stereocenters. The van der Waals surface area contributed by atoms with Gasteiger partial charge in [-0.2, -0.15) is 0 Å². The van der Waals surface area contributed by atoms with E-state index in [2.05, 4.69) is 26.3 Å². The number of amides is 2. The monoisotopic (exact) mass is 547 g/mol. The molecule has 1 aromatic carbocycles. The number of aliphatic imine (C=N–C) groups is 1. The number of alkyl carbamates (subject to hydrolysis) is 1. The van der Waals surface area contributed by atoms with Gasteiger partial charge in [-0.05, 0) is 50.8 Å². The van der Waals surface area contributed by atoms with E-state index in [1.54, 1.807) is 7.05 Å². The minimum absolute atomic E-state index is 0. The third kappa shape index (κ3) is 14.6. The fourth-order valence-corrected chi connectivity index (χ4v) is 2.55. The molecular formula is C22H38IN5O3. The molecule has 0 saturated heterocycles. The lowest BCUT2D eigenvalue weighted by Gasteiger charge is -2.19. The van der Waals surface area contributed by atoms with Gasteiger partial charge >= 0.3 is 6.09 Å². The predicted octanol–water partition coefficient (Wildman–Crippen LogP) is 3.87. The smallest absolute Gasteiger partial charge is 0.407 e. The number of nitrogens with zero attached hydrogens (tertiary/aromatic N) is 1. The van der Waals surface area contributed by atoms with Crippen LogP contribution in [-0.2, 0) is 16.1 Å². The van der Waals surface area contributed by atoms with Gasteiger partial charge in [-0.1, -0.05) is 26.0 Å². The van der Waals surface area contributed by atoms with Gasteiger partial charge in [-0.15, -0.1) is 24.0 Å². The van der Waals surface area contributed by atoms with Crippen LogP contribution in [0.5, 0.6) is 0 Å². The zero-order valence-corrected chi connectivity index (χ0v) is 21.8. The summed E-state index contributed by atoms with van der Waals surface area (Å²) < 4.78 is 5.19. The first kappa shape index (κ1) is 29.0. The number of benzene rings is 1. The summed E-state index contributed by atoms with van der Waals surface area (Å²) in [5, 5.41) is 12.1. The molecule has 4 N–H and O–H groups in total. The van der Waals surface area contributed by atoms with E-state index in [0.29, 0.717) is 37.9 Å². The lowest BCUT2D eigenvalue weighted by atomic mass is 10.1. The van der Waals surface area contributed by atoms with E-state index < -0.39 is 11.7 Å². The zero-order valence-electron chi connectivity index (χ0n) is 19.5. The molecule has 0 aromatic heterocycles. The third-order valence-corrected chi connectivity index (χ3v) is 3.80. The van der Waals surface area contributed by atoms with Crippen LogP contribution in [0.15, 0.2) is 29.3 Å². The molecule has 0 aliphatic heterocycles. The van der Waals surface area contributed by atoms with E-state index in [1.807, 2.05) is 58.9 Å². The van der Waals surface area contributed by atoms with Crippen molar-refractivity contribution >= 4 is 47.6 Å². The van der Waals surface area contributed by atoms with Crippen molar-refractivity contribution in [2.45, 2.75) is 59.6 Å². The van der Waals surface area contributed by atoms with E-state index in [9.17, 15) is 9.59 Å². The number of hydrogen-bond donors (Lipinski definition) is 4. The topological polar surface area (TPSA) is 104 Å². The lowest BCUT2D eigenvalue weighted by Crippen LogP contribution is -2.39. The van der Waals surface area contributed by atoms with Crippen molar-refractivity contribution in [3.63, 3.8) is 0 Å². The Kier molecular flexibility index (Phi) is 13.9. The summed E-state index contributed by atoms with van der Waals surface area (Å²) in [6.45, 7) is 11.3. The van der Waals surface area contributed by atoms with Crippen molar-refractivity contribution in [2.75, 3.05) is 25.5 Å². The summed E-state index contributed by atoms with van der Waals surface area (Å²) in [5.74, 6) is 1.01. The SMILES string of the molecule is CN=C(NCCCNC(=O)OC(C)(C)C)NCc1cccc(NC(=O)CC(C)C)c1.I. The molecule has 0 aliphatic rings. The molecule has 8 nitrogen and oxygen atoms in total. The maximum Gasteiger partial charge on any atom is 0.407 e. The molecule has 0 aliphatic carbocycles. The van der Waals surface area contributed by atoms with Gasteiger partial charge in [0.1, 0.15) is 5.60 Å². The number of halogens is 1. The molecule has 0 fully saturated rings. The van der Waals surface area contributed by atoms with Crippen molar-refractivity contribution in [3.8, 4) is 0 Å². The standard InChI is InChI=1S/C22H37N5O3.HI/c1-16(2)13-19(28)27-18-10-7-9-17(14-18)15-26-20(23-6)24-11-8-12-25-21(29)30-22(3,4)5;/h7,9-10,14,16H,8,11-13,15H2,1-6H3,(H,25,29)(H,27,28)(H2,23,24,26);1H. The third-order valence-electron chi connectivity index (χ3n) is 3.80. The van der Waals surface area contributed by atoms with Crippen LogP contribution in [0.25, 0.3) is 0 Å². The van der Waals surface area contributed by atoms with Gasteiger partial charge in [0.15, 0.2) is 5.96 Å². The average Bonchev–Trinajstić information content (AvgIpc) is 2.62. The van der Waals surface area contributed by atoms with Crippen molar-refractivity contribution in [1.29, 1.82) is 0 Å². The molecule has 31 heavy (non-hydrogen) atoms. The molecule has 1 aromatic rings. The predicted molar refractivity (Wildman–Crippen MR) is 137 cm³/mol. The molecule has 1 rings (SSSR count). The second-order valence-electron chi connectivity index (χ2n) is 8.48. The van der Waals surface area contributed by atoms with Crippen molar-refractivity contribution in [3.05, 3.63) is 29.8 Å². The van der Waals surface area contributed by atoms with Crippen LogP contribution < -0.4 is 21.3 Å². The van der Waals surface area contributed by atoms with E-state index >= 15 is 0 Å². The van der Waals surface area contributed by atoms with Gasteiger partial charge in [-0.25, -0.2) is 4.79 Å². The Balaban J connectivity index is 0.00000900. The van der Waals surface area contributed by atoms with Crippen LogP contribution in [-0.4, -0.2) is 43.7 Å². The summed E-state index contributed by atoms with van der Waals surface area (Å²) in [7, 11) is 1.71. The quantitative estimate of drug-likeness (QED) is 0.163. The van der Waals surface area contributed by atoms with Crippen molar-refractivity contribution < 1.29 is 14.3 Å². The largest absolute Gasteiger partial charge is 0.444 e. The Morgan fingerprint density at radius 1 is 1.10 bits per heavy atom. The normalized spacial score (nSPS) is 11.4. The van der Waals surface area contributed by atoms with Gasteiger partial charge in [0.25, 0.3) is 0 Å². The summed E-state index contributed by atoms with van der Waals surface area (Å²) in [5.41, 5.74) is 1.33. The summed E-state index contributed by atoms with van der Waals surface area (Å²) >= 11 is 0. The van der Waals surface area contributed by atoms with Crippen LogP contribution in [0.4, 0.5) is 10.5 Å². The van der Waals surface area contributed by atoms with E-state index in [4.69, 9.17) is 4.74 Å². The Hall–Kier alpha value is -2.04. The highest BCUT2D eigenvalue weighted by Gasteiger charge is 2.15. The number of hydrogen-bond acceptors (Lipinski definition) is 4. The Labute approximate surface area is 203 Å². The van der Waals surface area contributed by atoms with E-state index in [-0.39, 0.29) is 29.9 Å². The first-order valence-electron chi connectivity index (χ1n) is 10.4. The number of ether oxygens (including phenoxy) is 1. The molecule has 176 valence electrons. The molecule has 9 heteroatoms. The Bertz CT molecular complexity index is 717. The maximum atomic E-state index is 11.9. The van der Waals surface area contributed by atoms with Gasteiger partial charge < -0.3 is 26.0 Å². The molecule has 0 atom stereocenters. The highest BCUT2D eigenvalue weighted by molar-refractivity contribution is 14.0. The minimum atomic E-state index is -0.497. The molecule has 0 spiro atoms. The highest BCUT2D eigenvalue weighted by Crippen LogP contribution is 2.12. The van der Waals surface area contributed by atoms with Crippen molar-refractivity contribution in [2.24, 2.45) is 10.9 Å². The number of nitrogens with one attached hydrogen (secondary N) is 4. The molecule has 0 saturated carbocycles. The summed E-state index contributed by atoms with van der Waals surface area (Å²) in [6, 6.07) is 7.74. The summed E-state index contributed by atoms with van der Waals surface area (Å²) in [4.78, 5) is 27.7. The van der Waals surface area contributed by atoms with Gasteiger partial charge in [0.2, 0.25) is 5.91 Å². The highest BCUT2D eigenvalue weighted by atomic mass is 127. The summed E-state index contributed by atoms with van der Waals surface area (Å²) in [6.07, 6.45) is 0.824. The first-order valence-corrected chi connectivity index (χ1v) is 10.4. The first-order chi connectivity index (χ1) is 14.1. The number of rotatable bonds is 9. The van der Waals surface area contributed by atoms with Gasteiger partial charge in [0.05, 0.1) is 0 Å². The van der Waals surface area contributed by atoms with Gasteiger partial charge in [-0.3, -0.25) is 9.79 Å². The number of anilines is 1. The zero-order chi connectivity index (χ0) is 22.6. The van der Waals surface area contributed by atoms with Crippen LogP contribution in [0.1, 0.15) is 53.0 Å². The fourth-order valence-electron chi connectivity index (χ4n) is 2.55. The molecular weight excluding hydrogens is 509 g/mol. The van der Waals surface area contributed by atoms with Crippen LogP contribution in [0, 0.1) is 5.92 Å². The lowest BCUT2D eigenvalue weighted by molar-refractivity contribution is -0.116. The number of carbonyl (C=O) groups is 2. The molecule has 2 amide bonds. The van der Waals surface area contributed by atoms with E-state index in [0.717, 1.165) is 17.7 Å². The average molecular weight is 547 g/mol. The van der Waals surface area contributed by atoms with Crippen molar-refractivity contribution in [1.82, 2.24) is 16.0 Å². The maximum absolute atomic E-state index is 11.9. The minimum Gasteiger partial charge on any atom is -0.444 e. The van der Waals surface area contributed by atoms with Crippen LogP contribution in [0.2, 0.25) is 0 Å². The number of guanidine groups is 1. The number of carbonyl (C=O) groups excluding carboxylic acids is 2. The fraction of sp³-hybridized carbons (Fsp3) is 0.591. The Morgan fingerprint density at radius 3 is 2.39 bits per heavy atom.